The number of hydrogen-bond acceptors (Lipinski definition) is 3. The number of hydrogen-bond donors (Lipinski definition) is 1. The highest BCUT2D eigenvalue weighted by Gasteiger charge is 2.59. The SMILES string of the molecule is CSC(C)CCN1C(=O)C2(CC2)NC1c1cccc(Cl)c1. The topological polar surface area (TPSA) is 32.3 Å². The van der Waals surface area contributed by atoms with Gasteiger partial charge in [0.05, 0.1) is 0 Å². The largest absolute Gasteiger partial charge is 0.321 e. The first-order valence-electron chi connectivity index (χ1n) is 7.43. The number of nitrogens with zero attached hydrogens (tertiary/aromatic N) is 1. The molecular formula is C16H21ClN2OS. The quantitative estimate of drug-likeness (QED) is 0.900. The van der Waals surface area contributed by atoms with E-state index in [1.165, 1.54) is 0 Å². The second kappa shape index (κ2) is 5.82. The molecule has 2 atom stereocenters. The van der Waals surface area contributed by atoms with E-state index in [1.807, 2.05) is 40.9 Å². The minimum atomic E-state index is -0.282. The van der Waals surface area contributed by atoms with Crippen molar-refractivity contribution in [3.63, 3.8) is 0 Å². The van der Waals surface area contributed by atoms with Gasteiger partial charge in [-0.15, -0.1) is 0 Å². The Kier molecular flexibility index (Phi) is 4.21. The van der Waals surface area contributed by atoms with Crippen LogP contribution in [-0.2, 0) is 4.79 Å². The fourth-order valence-electron chi connectivity index (χ4n) is 2.89. The Labute approximate surface area is 135 Å². The Balaban J connectivity index is 1.81. The summed E-state index contributed by atoms with van der Waals surface area (Å²) in [6, 6.07) is 7.82. The van der Waals surface area contributed by atoms with E-state index in [0.29, 0.717) is 5.25 Å². The summed E-state index contributed by atoms with van der Waals surface area (Å²) in [6.45, 7) is 3.01. The molecule has 1 saturated carbocycles. The van der Waals surface area contributed by atoms with E-state index in [4.69, 9.17) is 11.6 Å². The van der Waals surface area contributed by atoms with E-state index in [1.54, 1.807) is 0 Å². The predicted octanol–water partition coefficient (Wildman–Crippen LogP) is 3.44. The average molecular weight is 325 g/mol. The van der Waals surface area contributed by atoms with Crippen molar-refractivity contribution in [3.05, 3.63) is 34.9 Å². The minimum Gasteiger partial charge on any atom is -0.321 e. The standard InChI is InChI=1S/C16H21ClN2OS/c1-11(21-2)6-9-19-14(12-4-3-5-13(17)10-12)18-16(7-8-16)15(19)20/h3-5,10-11,14,18H,6-9H2,1-2H3. The average Bonchev–Trinajstić information content (AvgIpc) is 3.20. The molecule has 1 saturated heterocycles. The fourth-order valence-corrected chi connectivity index (χ4v) is 3.43. The first-order chi connectivity index (χ1) is 10.1. The Morgan fingerprint density at radius 3 is 2.90 bits per heavy atom. The zero-order chi connectivity index (χ0) is 15.0. The Morgan fingerprint density at radius 1 is 1.52 bits per heavy atom. The van der Waals surface area contributed by atoms with E-state index in [-0.39, 0.29) is 17.6 Å². The summed E-state index contributed by atoms with van der Waals surface area (Å²) >= 11 is 7.95. The highest BCUT2D eigenvalue weighted by atomic mass is 35.5. The van der Waals surface area contributed by atoms with E-state index >= 15 is 0 Å². The van der Waals surface area contributed by atoms with Crippen LogP contribution in [0.25, 0.3) is 0 Å². The smallest absolute Gasteiger partial charge is 0.244 e. The van der Waals surface area contributed by atoms with Crippen LogP contribution in [0.3, 0.4) is 0 Å². The summed E-state index contributed by atoms with van der Waals surface area (Å²) in [6.07, 6.45) is 5.01. The molecule has 21 heavy (non-hydrogen) atoms. The van der Waals surface area contributed by atoms with Gasteiger partial charge in [0.25, 0.3) is 0 Å². The molecule has 2 fully saturated rings. The third-order valence-corrected chi connectivity index (χ3v) is 5.76. The number of carbonyl (C=O) groups is 1. The third kappa shape index (κ3) is 2.94. The molecule has 2 aliphatic rings. The number of halogens is 1. The maximum atomic E-state index is 12.7. The van der Waals surface area contributed by atoms with E-state index in [9.17, 15) is 4.79 Å². The Morgan fingerprint density at radius 2 is 2.29 bits per heavy atom. The maximum Gasteiger partial charge on any atom is 0.244 e. The number of benzene rings is 1. The summed E-state index contributed by atoms with van der Waals surface area (Å²) in [7, 11) is 0. The molecule has 114 valence electrons. The van der Waals surface area contributed by atoms with Gasteiger partial charge in [-0.3, -0.25) is 10.1 Å². The molecule has 1 aromatic rings. The lowest BCUT2D eigenvalue weighted by molar-refractivity contribution is -0.130. The number of carbonyl (C=O) groups excluding carboxylic acids is 1. The highest BCUT2D eigenvalue weighted by Crippen LogP contribution is 2.46. The van der Waals surface area contributed by atoms with Crippen LogP contribution in [0.2, 0.25) is 5.02 Å². The molecule has 1 aromatic carbocycles. The van der Waals surface area contributed by atoms with Gasteiger partial charge in [-0.1, -0.05) is 30.7 Å². The summed E-state index contributed by atoms with van der Waals surface area (Å²) in [5.74, 6) is 0.265. The van der Waals surface area contributed by atoms with E-state index < -0.39 is 0 Å². The van der Waals surface area contributed by atoms with Crippen LogP contribution in [0.5, 0.6) is 0 Å². The summed E-state index contributed by atoms with van der Waals surface area (Å²) in [5.41, 5.74) is 0.798. The molecule has 1 aliphatic carbocycles. The zero-order valence-electron chi connectivity index (χ0n) is 12.4. The fraction of sp³-hybridized carbons (Fsp3) is 0.562. The van der Waals surface area contributed by atoms with Crippen LogP contribution in [0.1, 0.15) is 37.9 Å². The van der Waals surface area contributed by atoms with Crippen LogP contribution in [0.4, 0.5) is 0 Å². The Hall–Kier alpha value is -0.710. The van der Waals surface area contributed by atoms with Crippen molar-refractivity contribution in [3.8, 4) is 0 Å². The summed E-state index contributed by atoms with van der Waals surface area (Å²) < 4.78 is 0. The van der Waals surface area contributed by atoms with E-state index in [0.717, 1.165) is 36.4 Å². The van der Waals surface area contributed by atoms with Crippen molar-refractivity contribution in [2.75, 3.05) is 12.8 Å². The predicted molar refractivity (Wildman–Crippen MR) is 88.6 cm³/mol. The van der Waals surface area contributed by atoms with Crippen molar-refractivity contribution in [2.45, 2.75) is 43.1 Å². The number of thioether (sulfide) groups is 1. The number of rotatable bonds is 5. The minimum absolute atomic E-state index is 0.0345. The first kappa shape index (κ1) is 15.2. The van der Waals surface area contributed by atoms with Gasteiger partial charge in [0, 0.05) is 16.8 Å². The number of nitrogens with one attached hydrogen (secondary N) is 1. The molecule has 0 bridgehead atoms. The molecule has 1 N–H and O–H groups in total. The second-order valence-corrected chi connectivity index (χ2v) is 7.73. The molecule has 3 rings (SSSR count). The molecule has 1 heterocycles. The van der Waals surface area contributed by atoms with Gasteiger partial charge in [0.15, 0.2) is 0 Å². The van der Waals surface area contributed by atoms with Crippen molar-refractivity contribution in [1.82, 2.24) is 10.2 Å². The van der Waals surface area contributed by atoms with Gasteiger partial charge in [-0.2, -0.15) is 11.8 Å². The normalized spacial score (nSPS) is 24.6. The van der Waals surface area contributed by atoms with Crippen molar-refractivity contribution in [2.24, 2.45) is 0 Å². The van der Waals surface area contributed by atoms with Crippen LogP contribution >= 0.6 is 23.4 Å². The molecular weight excluding hydrogens is 304 g/mol. The highest BCUT2D eigenvalue weighted by molar-refractivity contribution is 7.99. The lowest BCUT2D eigenvalue weighted by Gasteiger charge is -2.25. The maximum absolute atomic E-state index is 12.7. The monoisotopic (exact) mass is 324 g/mol. The van der Waals surface area contributed by atoms with Crippen molar-refractivity contribution in [1.29, 1.82) is 0 Å². The van der Waals surface area contributed by atoms with E-state index in [2.05, 4.69) is 18.5 Å². The van der Waals surface area contributed by atoms with Gasteiger partial charge in [0.1, 0.15) is 11.7 Å². The van der Waals surface area contributed by atoms with Crippen LogP contribution in [0.15, 0.2) is 24.3 Å². The second-order valence-electron chi connectivity index (χ2n) is 6.02. The molecule has 1 spiro atoms. The van der Waals surface area contributed by atoms with Gasteiger partial charge in [-0.05, 0) is 43.2 Å². The molecule has 2 unspecified atom stereocenters. The molecule has 0 aromatic heterocycles. The molecule has 0 radical (unpaired) electrons. The van der Waals surface area contributed by atoms with Gasteiger partial charge in [0.2, 0.25) is 5.91 Å². The molecule has 3 nitrogen and oxygen atoms in total. The molecule has 1 amide bonds. The van der Waals surface area contributed by atoms with Crippen molar-refractivity contribution < 1.29 is 4.79 Å². The van der Waals surface area contributed by atoms with Gasteiger partial charge >= 0.3 is 0 Å². The first-order valence-corrected chi connectivity index (χ1v) is 9.09. The summed E-state index contributed by atoms with van der Waals surface area (Å²) in [4.78, 5) is 14.7. The van der Waals surface area contributed by atoms with Gasteiger partial charge in [-0.25, -0.2) is 0 Å². The van der Waals surface area contributed by atoms with Crippen LogP contribution in [-0.4, -0.2) is 34.4 Å². The molecule has 1 aliphatic heterocycles. The van der Waals surface area contributed by atoms with Crippen molar-refractivity contribution >= 4 is 29.3 Å². The number of amides is 1. The Bertz CT molecular complexity index is 547. The van der Waals surface area contributed by atoms with Crippen LogP contribution in [0, 0.1) is 0 Å². The lowest BCUT2D eigenvalue weighted by Crippen LogP contribution is -2.33. The lowest BCUT2D eigenvalue weighted by atomic mass is 10.1. The van der Waals surface area contributed by atoms with Crippen LogP contribution < -0.4 is 5.32 Å². The summed E-state index contributed by atoms with van der Waals surface area (Å²) in [5, 5.41) is 4.82. The zero-order valence-corrected chi connectivity index (χ0v) is 14.0. The van der Waals surface area contributed by atoms with Gasteiger partial charge < -0.3 is 4.90 Å². The third-order valence-electron chi connectivity index (χ3n) is 4.49. The molecule has 5 heteroatoms.